The SMILES string of the molecule is CCOC(=O)/C=C/c1nc(-c2ccc3nc(N)n(S(=O)(=O)C(C)C)c3c2)c(-c2ccccc2)[nH]1. The van der Waals surface area contributed by atoms with Crippen LogP contribution in [0.1, 0.15) is 26.6 Å². The number of nitrogens with one attached hydrogen (secondary N) is 1. The van der Waals surface area contributed by atoms with Crippen LogP contribution in [0.5, 0.6) is 0 Å². The molecule has 0 radical (unpaired) electrons. The molecule has 0 aliphatic carbocycles. The van der Waals surface area contributed by atoms with Gasteiger partial charge < -0.3 is 15.5 Å². The van der Waals surface area contributed by atoms with E-state index in [1.54, 1.807) is 32.9 Å². The van der Waals surface area contributed by atoms with E-state index in [2.05, 4.69) is 15.0 Å². The first-order valence-corrected chi connectivity index (χ1v) is 12.3. The number of aromatic amines is 1. The normalized spacial score (nSPS) is 12.1. The first kappa shape index (κ1) is 23.2. The van der Waals surface area contributed by atoms with Crippen LogP contribution in [0.15, 0.2) is 54.6 Å². The van der Waals surface area contributed by atoms with Crippen molar-refractivity contribution in [3.63, 3.8) is 0 Å². The van der Waals surface area contributed by atoms with Gasteiger partial charge in [-0.2, -0.15) is 0 Å². The third-order valence-corrected chi connectivity index (χ3v) is 7.29. The Kier molecular flexibility index (Phi) is 6.25. The topological polar surface area (TPSA) is 133 Å². The molecule has 2 heterocycles. The third-order valence-electron chi connectivity index (χ3n) is 5.21. The number of carbonyl (C=O) groups is 1. The average molecular weight is 480 g/mol. The molecule has 0 bridgehead atoms. The molecule has 2 aromatic carbocycles. The van der Waals surface area contributed by atoms with Gasteiger partial charge in [-0.3, -0.25) is 0 Å². The molecule has 0 saturated heterocycles. The van der Waals surface area contributed by atoms with Gasteiger partial charge in [0.25, 0.3) is 0 Å². The lowest BCUT2D eigenvalue weighted by atomic mass is 10.0. The number of carbonyl (C=O) groups excluding carboxylic acids is 1. The van der Waals surface area contributed by atoms with E-state index in [0.29, 0.717) is 33.8 Å². The number of nitrogen functional groups attached to an aromatic ring is 1. The molecular formula is C24H25N5O4S. The minimum Gasteiger partial charge on any atom is -0.463 e. The van der Waals surface area contributed by atoms with E-state index in [9.17, 15) is 13.2 Å². The van der Waals surface area contributed by atoms with E-state index in [0.717, 1.165) is 9.54 Å². The number of nitrogens with two attached hydrogens (primary N) is 1. The largest absolute Gasteiger partial charge is 0.463 e. The fraction of sp³-hybridized carbons (Fsp3) is 0.208. The highest BCUT2D eigenvalue weighted by Gasteiger charge is 2.25. The molecule has 0 atom stereocenters. The van der Waals surface area contributed by atoms with Gasteiger partial charge >= 0.3 is 5.97 Å². The van der Waals surface area contributed by atoms with Gasteiger partial charge in [-0.1, -0.05) is 36.4 Å². The summed E-state index contributed by atoms with van der Waals surface area (Å²) in [5, 5.41) is -0.680. The number of imidazole rings is 2. The van der Waals surface area contributed by atoms with Crippen LogP contribution in [0.4, 0.5) is 5.95 Å². The molecule has 176 valence electrons. The number of hydrogen-bond donors (Lipinski definition) is 2. The number of benzene rings is 2. The van der Waals surface area contributed by atoms with Gasteiger partial charge in [0.1, 0.15) is 5.82 Å². The summed E-state index contributed by atoms with van der Waals surface area (Å²) in [7, 11) is -3.73. The molecular weight excluding hydrogens is 454 g/mol. The summed E-state index contributed by atoms with van der Waals surface area (Å²) in [6.07, 6.45) is 2.84. The second-order valence-corrected chi connectivity index (χ2v) is 10.2. The monoisotopic (exact) mass is 479 g/mol. The predicted molar refractivity (Wildman–Crippen MR) is 132 cm³/mol. The Bertz CT molecular complexity index is 1480. The number of ether oxygens (including phenoxy) is 1. The molecule has 0 amide bonds. The van der Waals surface area contributed by atoms with Crippen molar-refractivity contribution < 1.29 is 17.9 Å². The van der Waals surface area contributed by atoms with Crippen LogP contribution in [0.3, 0.4) is 0 Å². The summed E-state index contributed by atoms with van der Waals surface area (Å²) in [4.78, 5) is 23.9. The second kappa shape index (κ2) is 9.14. The van der Waals surface area contributed by atoms with E-state index in [1.807, 2.05) is 36.4 Å². The van der Waals surface area contributed by atoms with E-state index in [-0.39, 0.29) is 12.6 Å². The molecule has 0 fully saturated rings. The van der Waals surface area contributed by atoms with Crippen molar-refractivity contribution in [3.8, 4) is 22.5 Å². The summed E-state index contributed by atoms with van der Waals surface area (Å²) in [6, 6.07) is 14.8. The number of H-pyrrole nitrogens is 1. The Morgan fingerprint density at radius 1 is 1.15 bits per heavy atom. The first-order chi connectivity index (χ1) is 16.2. The number of nitrogens with zero attached hydrogens (tertiary/aromatic N) is 3. The van der Waals surface area contributed by atoms with Gasteiger partial charge in [0, 0.05) is 17.2 Å². The zero-order valence-corrected chi connectivity index (χ0v) is 19.8. The van der Waals surface area contributed by atoms with Crippen molar-refractivity contribution >= 4 is 39.1 Å². The van der Waals surface area contributed by atoms with Gasteiger partial charge in [-0.05, 0) is 39.0 Å². The average Bonchev–Trinajstić information content (AvgIpc) is 3.38. The maximum atomic E-state index is 12.9. The van der Waals surface area contributed by atoms with E-state index in [4.69, 9.17) is 10.5 Å². The molecule has 34 heavy (non-hydrogen) atoms. The summed E-state index contributed by atoms with van der Waals surface area (Å²) in [5.74, 6) is -0.115. The Morgan fingerprint density at radius 2 is 1.88 bits per heavy atom. The lowest BCUT2D eigenvalue weighted by molar-refractivity contribution is -0.137. The number of aromatic nitrogens is 4. The van der Waals surface area contributed by atoms with Crippen LogP contribution in [0.25, 0.3) is 39.6 Å². The summed E-state index contributed by atoms with van der Waals surface area (Å²) >= 11 is 0. The highest BCUT2D eigenvalue weighted by molar-refractivity contribution is 7.90. The fourth-order valence-corrected chi connectivity index (χ4v) is 4.67. The molecule has 0 aliphatic rings. The van der Waals surface area contributed by atoms with Crippen LogP contribution in [-0.2, 0) is 19.6 Å². The number of hydrogen-bond acceptors (Lipinski definition) is 7. The van der Waals surface area contributed by atoms with Crippen LogP contribution in [0, 0.1) is 0 Å². The van der Waals surface area contributed by atoms with Crippen LogP contribution >= 0.6 is 0 Å². The molecule has 0 unspecified atom stereocenters. The predicted octanol–water partition coefficient (Wildman–Crippen LogP) is 3.84. The quantitative estimate of drug-likeness (QED) is 0.304. The smallest absolute Gasteiger partial charge is 0.330 e. The van der Waals surface area contributed by atoms with Gasteiger partial charge in [0.05, 0.1) is 34.3 Å². The minimum atomic E-state index is -3.73. The highest BCUT2D eigenvalue weighted by atomic mass is 32.2. The molecule has 3 N–H and O–H groups in total. The highest BCUT2D eigenvalue weighted by Crippen LogP contribution is 2.33. The van der Waals surface area contributed by atoms with Crippen molar-refractivity contribution in [2.75, 3.05) is 12.3 Å². The molecule has 0 aliphatic heterocycles. The zero-order chi connectivity index (χ0) is 24.5. The van der Waals surface area contributed by atoms with Crippen molar-refractivity contribution in [2.45, 2.75) is 26.0 Å². The van der Waals surface area contributed by atoms with E-state index < -0.39 is 21.2 Å². The Morgan fingerprint density at radius 3 is 2.56 bits per heavy atom. The van der Waals surface area contributed by atoms with Crippen molar-refractivity contribution in [1.29, 1.82) is 0 Å². The van der Waals surface area contributed by atoms with Crippen molar-refractivity contribution in [3.05, 3.63) is 60.4 Å². The van der Waals surface area contributed by atoms with Crippen LogP contribution < -0.4 is 5.73 Å². The second-order valence-electron chi connectivity index (χ2n) is 7.83. The molecule has 4 rings (SSSR count). The van der Waals surface area contributed by atoms with Crippen molar-refractivity contribution in [2.24, 2.45) is 0 Å². The van der Waals surface area contributed by atoms with Gasteiger partial charge in [-0.25, -0.2) is 27.2 Å². The van der Waals surface area contributed by atoms with Gasteiger partial charge in [0.2, 0.25) is 16.0 Å². The number of esters is 1. The standard InChI is InChI=1S/C24H25N5O4S/c1-4-33-21(30)13-12-20-27-22(16-8-6-5-7-9-16)23(28-20)17-10-11-18-19(14-17)29(24(25)26-18)34(31,32)15(2)3/h5-15H,4H2,1-3H3,(H2,25,26)(H,27,28)/b13-12+. The fourth-order valence-electron chi connectivity index (χ4n) is 3.53. The van der Waals surface area contributed by atoms with Crippen molar-refractivity contribution in [1.82, 2.24) is 18.9 Å². The van der Waals surface area contributed by atoms with E-state index >= 15 is 0 Å². The van der Waals surface area contributed by atoms with Crippen LogP contribution in [0.2, 0.25) is 0 Å². The summed E-state index contributed by atoms with van der Waals surface area (Å²) in [6.45, 7) is 5.19. The lowest BCUT2D eigenvalue weighted by Crippen LogP contribution is -2.23. The van der Waals surface area contributed by atoms with Gasteiger partial charge in [-0.15, -0.1) is 0 Å². The van der Waals surface area contributed by atoms with Gasteiger partial charge in [0.15, 0.2) is 0 Å². The maximum Gasteiger partial charge on any atom is 0.330 e. The number of anilines is 1. The zero-order valence-electron chi connectivity index (χ0n) is 19.0. The lowest BCUT2D eigenvalue weighted by Gasteiger charge is -2.11. The third kappa shape index (κ3) is 4.32. The Labute approximate surface area is 197 Å². The Hall–Kier alpha value is -3.92. The number of fused-ring (bicyclic) bond motifs is 1. The minimum absolute atomic E-state index is 0.0933. The molecule has 0 saturated carbocycles. The Balaban J connectivity index is 1.89. The molecule has 9 nitrogen and oxygen atoms in total. The van der Waals surface area contributed by atoms with E-state index in [1.165, 1.54) is 12.2 Å². The van der Waals surface area contributed by atoms with Crippen LogP contribution in [-0.4, -0.2) is 45.2 Å². The molecule has 2 aromatic heterocycles. The molecule has 0 spiro atoms. The molecule has 10 heteroatoms. The number of rotatable bonds is 7. The maximum absolute atomic E-state index is 12.9. The first-order valence-electron chi connectivity index (χ1n) is 10.8. The molecule has 4 aromatic rings. The summed E-state index contributed by atoms with van der Waals surface area (Å²) in [5.41, 5.74) is 9.66. The summed E-state index contributed by atoms with van der Waals surface area (Å²) < 4.78 is 31.9.